The second-order valence-corrected chi connectivity index (χ2v) is 7.56. The lowest BCUT2D eigenvalue weighted by Crippen LogP contribution is -2.32. The summed E-state index contributed by atoms with van der Waals surface area (Å²) in [7, 11) is -2.98. The van der Waals surface area contributed by atoms with Gasteiger partial charge in [-0.05, 0) is 30.5 Å². The molecule has 0 heterocycles. The number of benzene rings is 1. The maximum absolute atomic E-state index is 12.0. The topological polar surface area (TPSA) is 54.4 Å². The molecule has 0 radical (unpaired) electrons. The summed E-state index contributed by atoms with van der Waals surface area (Å²) in [5, 5.41) is 9.34. The van der Waals surface area contributed by atoms with Gasteiger partial charge in [-0.25, -0.2) is 8.42 Å². The fraction of sp³-hybridized carbons (Fsp3) is 0.571. The van der Waals surface area contributed by atoms with Crippen LogP contribution in [0.1, 0.15) is 38.2 Å². The van der Waals surface area contributed by atoms with Crippen molar-refractivity contribution in [3.63, 3.8) is 0 Å². The van der Waals surface area contributed by atoms with E-state index in [9.17, 15) is 13.5 Å². The van der Waals surface area contributed by atoms with E-state index in [4.69, 9.17) is 0 Å². The van der Waals surface area contributed by atoms with Crippen LogP contribution in [0.3, 0.4) is 0 Å². The lowest BCUT2D eigenvalue weighted by molar-refractivity contribution is 0.467. The van der Waals surface area contributed by atoms with Crippen molar-refractivity contribution < 1.29 is 13.5 Å². The molecular weight excluding hydrogens is 248 g/mol. The second kappa shape index (κ2) is 4.92. The van der Waals surface area contributed by atoms with Crippen molar-refractivity contribution in [2.24, 2.45) is 0 Å². The van der Waals surface area contributed by atoms with Gasteiger partial charge in [0.25, 0.3) is 0 Å². The number of hydrogen-bond acceptors (Lipinski definition) is 3. The Bertz CT molecular complexity index is 496. The van der Waals surface area contributed by atoms with Crippen LogP contribution >= 0.6 is 0 Å². The first-order valence-corrected chi connectivity index (χ1v) is 8.29. The van der Waals surface area contributed by atoms with Gasteiger partial charge >= 0.3 is 0 Å². The maximum Gasteiger partial charge on any atom is 0.150 e. The van der Waals surface area contributed by atoms with Gasteiger partial charge in [0.2, 0.25) is 0 Å². The average molecular weight is 268 g/mol. The fourth-order valence-electron chi connectivity index (χ4n) is 2.91. The highest BCUT2D eigenvalue weighted by atomic mass is 32.2. The highest BCUT2D eigenvalue weighted by Crippen LogP contribution is 2.42. The molecule has 1 fully saturated rings. The Morgan fingerprint density at radius 2 is 1.72 bits per heavy atom. The van der Waals surface area contributed by atoms with Crippen LogP contribution in [-0.4, -0.2) is 25.0 Å². The SMILES string of the molecule is CCS(=O)(=O)CC1(c2ccc(O)cc2)CCCC1. The summed E-state index contributed by atoms with van der Waals surface area (Å²) in [5.41, 5.74) is 0.817. The molecule has 1 aliphatic rings. The number of aromatic hydroxyl groups is 1. The summed E-state index contributed by atoms with van der Waals surface area (Å²) >= 11 is 0. The standard InChI is InChI=1S/C14H20O3S/c1-2-18(16,17)11-14(9-3-4-10-14)12-5-7-13(15)8-6-12/h5-8,15H,2-4,9-11H2,1H3. The van der Waals surface area contributed by atoms with Crippen LogP contribution in [-0.2, 0) is 15.3 Å². The Morgan fingerprint density at radius 1 is 1.17 bits per heavy atom. The predicted octanol–water partition coefficient (Wildman–Crippen LogP) is 2.64. The van der Waals surface area contributed by atoms with Gasteiger partial charge in [-0.1, -0.05) is 31.9 Å². The van der Waals surface area contributed by atoms with Gasteiger partial charge in [0.05, 0.1) is 5.75 Å². The summed E-state index contributed by atoms with van der Waals surface area (Å²) in [6.45, 7) is 1.70. The summed E-state index contributed by atoms with van der Waals surface area (Å²) in [4.78, 5) is 0. The minimum absolute atomic E-state index is 0.201. The molecule has 3 nitrogen and oxygen atoms in total. The Morgan fingerprint density at radius 3 is 2.22 bits per heavy atom. The number of phenolic OH excluding ortho intramolecular Hbond substituents is 1. The Hall–Kier alpha value is -1.03. The smallest absolute Gasteiger partial charge is 0.150 e. The predicted molar refractivity (Wildman–Crippen MR) is 72.6 cm³/mol. The van der Waals surface area contributed by atoms with Gasteiger partial charge in [0.1, 0.15) is 5.75 Å². The third-order valence-corrected chi connectivity index (χ3v) is 5.85. The lowest BCUT2D eigenvalue weighted by Gasteiger charge is -2.29. The van der Waals surface area contributed by atoms with Crippen LogP contribution in [0, 0.1) is 0 Å². The third-order valence-electron chi connectivity index (χ3n) is 3.98. The van der Waals surface area contributed by atoms with E-state index in [1.54, 1.807) is 19.1 Å². The molecule has 1 saturated carbocycles. The first-order chi connectivity index (χ1) is 8.47. The number of phenols is 1. The molecular formula is C14H20O3S. The van der Waals surface area contributed by atoms with Gasteiger partial charge in [-0.15, -0.1) is 0 Å². The summed E-state index contributed by atoms with van der Waals surface area (Å²) in [6, 6.07) is 7.03. The van der Waals surface area contributed by atoms with Crippen molar-refractivity contribution in [2.75, 3.05) is 11.5 Å². The molecule has 0 atom stereocenters. The molecule has 1 aromatic rings. The zero-order chi connectivity index (χ0) is 13.2. The fourth-order valence-corrected chi connectivity index (χ4v) is 4.41. The van der Waals surface area contributed by atoms with Gasteiger partial charge in [0, 0.05) is 11.2 Å². The van der Waals surface area contributed by atoms with Gasteiger partial charge in [-0.2, -0.15) is 0 Å². The summed E-state index contributed by atoms with van der Waals surface area (Å²) in [5.74, 6) is 0.666. The monoisotopic (exact) mass is 268 g/mol. The Balaban J connectivity index is 2.35. The first kappa shape index (κ1) is 13.4. The van der Waals surface area contributed by atoms with Crippen LogP contribution < -0.4 is 0 Å². The first-order valence-electron chi connectivity index (χ1n) is 6.47. The molecule has 0 aromatic heterocycles. The number of hydrogen-bond donors (Lipinski definition) is 1. The van der Waals surface area contributed by atoms with E-state index < -0.39 is 9.84 Å². The van der Waals surface area contributed by atoms with Crippen molar-refractivity contribution in [1.29, 1.82) is 0 Å². The molecule has 0 spiro atoms. The van der Waals surface area contributed by atoms with E-state index in [1.807, 2.05) is 12.1 Å². The minimum atomic E-state index is -2.98. The largest absolute Gasteiger partial charge is 0.508 e. The highest BCUT2D eigenvalue weighted by molar-refractivity contribution is 7.91. The molecule has 1 aliphatic carbocycles. The molecule has 100 valence electrons. The highest BCUT2D eigenvalue weighted by Gasteiger charge is 2.39. The number of rotatable bonds is 4. The van der Waals surface area contributed by atoms with Crippen LogP contribution in [0.15, 0.2) is 24.3 Å². The molecule has 18 heavy (non-hydrogen) atoms. The number of sulfone groups is 1. The van der Waals surface area contributed by atoms with Gasteiger partial charge in [-0.3, -0.25) is 0 Å². The van der Waals surface area contributed by atoms with Crippen molar-refractivity contribution in [1.82, 2.24) is 0 Å². The molecule has 0 amide bonds. The van der Waals surface area contributed by atoms with Crippen molar-refractivity contribution in [3.8, 4) is 5.75 Å². The van der Waals surface area contributed by atoms with Crippen molar-refractivity contribution in [3.05, 3.63) is 29.8 Å². The van der Waals surface area contributed by atoms with E-state index in [-0.39, 0.29) is 22.7 Å². The molecule has 1 aromatic carbocycles. The lowest BCUT2D eigenvalue weighted by atomic mass is 9.81. The molecule has 0 unspecified atom stereocenters. The average Bonchev–Trinajstić information content (AvgIpc) is 2.79. The molecule has 4 heteroatoms. The Labute approximate surface area is 109 Å². The van der Waals surface area contributed by atoms with E-state index >= 15 is 0 Å². The third kappa shape index (κ3) is 2.69. The molecule has 0 bridgehead atoms. The van der Waals surface area contributed by atoms with Gasteiger partial charge < -0.3 is 5.11 Å². The van der Waals surface area contributed by atoms with E-state index in [0.717, 1.165) is 31.2 Å². The zero-order valence-corrected chi connectivity index (χ0v) is 11.5. The van der Waals surface area contributed by atoms with Crippen LogP contribution in [0.25, 0.3) is 0 Å². The minimum Gasteiger partial charge on any atom is -0.508 e. The summed E-state index contributed by atoms with van der Waals surface area (Å²) < 4.78 is 23.9. The van der Waals surface area contributed by atoms with E-state index in [1.165, 1.54) is 0 Å². The van der Waals surface area contributed by atoms with E-state index in [0.29, 0.717) is 0 Å². The molecule has 1 N–H and O–H groups in total. The Kier molecular flexibility index (Phi) is 3.66. The molecule has 0 aliphatic heterocycles. The summed E-state index contributed by atoms with van der Waals surface area (Å²) in [6.07, 6.45) is 4.02. The van der Waals surface area contributed by atoms with Crippen LogP contribution in [0.5, 0.6) is 5.75 Å². The van der Waals surface area contributed by atoms with Crippen LogP contribution in [0.2, 0.25) is 0 Å². The van der Waals surface area contributed by atoms with Crippen molar-refractivity contribution in [2.45, 2.75) is 38.0 Å². The van der Waals surface area contributed by atoms with Crippen molar-refractivity contribution >= 4 is 9.84 Å². The molecule has 0 saturated heterocycles. The normalized spacial score (nSPS) is 18.9. The maximum atomic E-state index is 12.0. The van der Waals surface area contributed by atoms with Crippen LogP contribution in [0.4, 0.5) is 0 Å². The van der Waals surface area contributed by atoms with E-state index in [2.05, 4.69) is 0 Å². The van der Waals surface area contributed by atoms with Gasteiger partial charge in [0.15, 0.2) is 9.84 Å². The quantitative estimate of drug-likeness (QED) is 0.913. The second-order valence-electron chi connectivity index (χ2n) is 5.21. The zero-order valence-electron chi connectivity index (χ0n) is 10.7. The molecule has 2 rings (SSSR count).